The highest BCUT2D eigenvalue weighted by molar-refractivity contribution is 6.30. The van der Waals surface area contributed by atoms with Crippen molar-refractivity contribution in [1.82, 2.24) is 0 Å². The Morgan fingerprint density at radius 3 is 2.52 bits per heavy atom. The smallest absolute Gasteiger partial charge is 0.344 e. The summed E-state index contributed by atoms with van der Waals surface area (Å²) < 4.78 is 10.6. The first-order valence-corrected chi connectivity index (χ1v) is 7.24. The van der Waals surface area contributed by atoms with Crippen LogP contribution in [-0.2, 0) is 4.79 Å². The number of nitrogens with zero attached hydrogens (tertiary/aromatic N) is 1. The number of aliphatic carboxylic acids is 1. The molecule has 0 aliphatic heterocycles. The van der Waals surface area contributed by atoms with Crippen molar-refractivity contribution in [3.8, 4) is 11.5 Å². The molecule has 1 atom stereocenters. The molecule has 0 spiro atoms. The van der Waals surface area contributed by atoms with Gasteiger partial charge in [-0.15, -0.1) is 0 Å². The molecule has 2 rings (SSSR count). The quantitative estimate of drug-likeness (QED) is 0.813. The largest absolute Gasteiger partial charge is 0.493 e. The maximum Gasteiger partial charge on any atom is 0.344 e. The van der Waals surface area contributed by atoms with Crippen LogP contribution in [0.15, 0.2) is 47.5 Å². The molecule has 5 nitrogen and oxygen atoms in total. The van der Waals surface area contributed by atoms with E-state index < -0.39 is 12.1 Å². The third kappa shape index (κ3) is 4.72. The Hall–Kier alpha value is -2.53. The molecule has 0 saturated carbocycles. The van der Waals surface area contributed by atoms with Gasteiger partial charge in [-0.1, -0.05) is 11.6 Å². The highest BCUT2D eigenvalue weighted by Crippen LogP contribution is 2.28. The molecule has 0 radical (unpaired) electrons. The summed E-state index contributed by atoms with van der Waals surface area (Å²) >= 11 is 5.83. The predicted octanol–water partition coefficient (Wildman–Crippen LogP) is 3.95. The lowest BCUT2D eigenvalue weighted by atomic mass is 10.2. The second-order valence-corrected chi connectivity index (χ2v) is 5.18. The van der Waals surface area contributed by atoms with Crippen LogP contribution in [0.25, 0.3) is 0 Å². The molecule has 0 amide bonds. The molecule has 0 fully saturated rings. The van der Waals surface area contributed by atoms with Crippen LogP contribution in [0.4, 0.5) is 5.69 Å². The molecular formula is C17H16ClNO4. The Morgan fingerprint density at radius 1 is 1.22 bits per heavy atom. The highest BCUT2D eigenvalue weighted by atomic mass is 35.5. The first kappa shape index (κ1) is 16.8. The van der Waals surface area contributed by atoms with E-state index in [0.717, 1.165) is 11.3 Å². The molecule has 0 aromatic heterocycles. The van der Waals surface area contributed by atoms with Gasteiger partial charge in [0, 0.05) is 11.2 Å². The second-order valence-electron chi connectivity index (χ2n) is 4.74. The van der Waals surface area contributed by atoms with Gasteiger partial charge in [0.05, 0.1) is 12.8 Å². The number of benzene rings is 2. The van der Waals surface area contributed by atoms with Crippen molar-refractivity contribution in [3.05, 3.63) is 53.1 Å². The maximum atomic E-state index is 10.9. The Labute approximate surface area is 139 Å². The molecule has 2 aromatic rings. The maximum absolute atomic E-state index is 10.9. The molecule has 0 saturated heterocycles. The minimum atomic E-state index is -1.04. The van der Waals surface area contributed by atoms with Gasteiger partial charge in [-0.3, -0.25) is 4.99 Å². The summed E-state index contributed by atoms with van der Waals surface area (Å²) in [6, 6.07) is 12.3. The Balaban J connectivity index is 2.18. The van der Waals surface area contributed by atoms with E-state index in [-0.39, 0.29) is 0 Å². The number of ether oxygens (including phenoxy) is 2. The SMILES string of the molecule is COc1cc(C=Nc2ccc(Cl)cc2)ccc1O[C@@H](C)C(=O)O. The van der Waals surface area contributed by atoms with Crippen LogP contribution in [0.3, 0.4) is 0 Å². The van der Waals surface area contributed by atoms with Crippen molar-refractivity contribution in [1.29, 1.82) is 0 Å². The fourth-order valence-corrected chi connectivity index (χ4v) is 1.90. The average molecular weight is 334 g/mol. The molecule has 6 heteroatoms. The standard InChI is InChI=1S/C17H16ClNO4/c1-11(17(20)21)23-15-8-3-12(9-16(15)22-2)10-19-14-6-4-13(18)5-7-14/h3-11H,1-2H3,(H,20,21)/t11-/m0/s1. The number of methoxy groups -OCH3 is 1. The second kappa shape index (κ2) is 7.65. The lowest BCUT2D eigenvalue weighted by Crippen LogP contribution is -2.23. The molecule has 2 aromatic carbocycles. The fraction of sp³-hybridized carbons (Fsp3) is 0.176. The zero-order chi connectivity index (χ0) is 16.8. The van der Waals surface area contributed by atoms with E-state index in [1.165, 1.54) is 14.0 Å². The normalized spacial score (nSPS) is 12.1. The summed E-state index contributed by atoms with van der Waals surface area (Å²) in [5.41, 5.74) is 1.57. The number of rotatable bonds is 6. The summed E-state index contributed by atoms with van der Waals surface area (Å²) in [7, 11) is 1.49. The van der Waals surface area contributed by atoms with Crippen LogP contribution in [0.5, 0.6) is 11.5 Å². The summed E-state index contributed by atoms with van der Waals surface area (Å²) in [6.45, 7) is 1.46. The van der Waals surface area contributed by atoms with Crippen molar-refractivity contribution in [3.63, 3.8) is 0 Å². The first-order chi connectivity index (χ1) is 11.0. The van der Waals surface area contributed by atoms with Gasteiger partial charge in [-0.2, -0.15) is 0 Å². The van der Waals surface area contributed by atoms with Crippen LogP contribution >= 0.6 is 11.6 Å². The van der Waals surface area contributed by atoms with E-state index in [4.69, 9.17) is 26.2 Å². The van der Waals surface area contributed by atoms with Crippen LogP contribution in [-0.4, -0.2) is 30.5 Å². The summed E-state index contributed by atoms with van der Waals surface area (Å²) in [4.78, 5) is 15.2. The van der Waals surface area contributed by atoms with Crippen molar-refractivity contribution in [2.75, 3.05) is 7.11 Å². The van der Waals surface area contributed by atoms with E-state index in [1.807, 2.05) is 12.1 Å². The Morgan fingerprint density at radius 2 is 1.91 bits per heavy atom. The lowest BCUT2D eigenvalue weighted by molar-refractivity contribution is -0.144. The topological polar surface area (TPSA) is 68.1 Å². The molecule has 0 bridgehead atoms. The third-order valence-electron chi connectivity index (χ3n) is 3.03. The molecule has 0 aliphatic rings. The van der Waals surface area contributed by atoms with Crippen molar-refractivity contribution in [2.24, 2.45) is 4.99 Å². The minimum absolute atomic E-state index is 0.367. The molecule has 0 aliphatic carbocycles. The Bertz CT molecular complexity index is 713. The number of hydrogen-bond donors (Lipinski definition) is 1. The first-order valence-electron chi connectivity index (χ1n) is 6.86. The van der Waals surface area contributed by atoms with Gasteiger partial charge in [-0.05, 0) is 55.0 Å². The van der Waals surface area contributed by atoms with E-state index in [0.29, 0.717) is 16.5 Å². The van der Waals surface area contributed by atoms with Crippen LogP contribution < -0.4 is 9.47 Å². The lowest BCUT2D eigenvalue weighted by Gasteiger charge is -2.14. The average Bonchev–Trinajstić information content (AvgIpc) is 2.55. The molecule has 0 unspecified atom stereocenters. The number of aliphatic imine (C=N–C) groups is 1. The zero-order valence-corrected chi connectivity index (χ0v) is 13.4. The van der Waals surface area contributed by atoms with Gasteiger partial charge < -0.3 is 14.6 Å². The molecule has 1 N–H and O–H groups in total. The van der Waals surface area contributed by atoms with Gasteiger partial charge in [0.25, 0.3) is 0 Å². The summed E-state index contributed by atoms with van der Waals surface area (Å²) in [5.74, 6) is -0.232. The van der Waals surface area contributed by atoms with Crippen molar-refractivity contribution < 1.29 is 19.4 Å². The van der Waals surface area contributed by atoms with Gasteiger partial charge in [0.2, 0.25) is 0 Å². The monoisotopic (exact) mass is 333 g/mol. The van der Waals surface area contributed by atoms with Gasteiger partial charge >= 0.3 is 5.97 Å². The minimum Gasteiger partial charge on any atom is -0.493 e. The molecule has 0 heterocycles. The van der Waals surface area contributed by atoms with E-state index >= 15 is 0 Å². The molecular weight excluding hydrogens is 318 g/mol. The zero-order valence-electron chi connectivity index (χ0n) is 12.7. The van der Waals surface area contributed by atoms with Crippen LogP contribution in [0, 0.1) is 0 Å². The fourth-order valence-electron chi connectivity index (χ4n) is 1.78. The molecule has 120 valence electrons. The molecule has 23 heavy (non-hydrogen) atoms. The highest BCUT2D eigenvalue weighted by Gasteiger charge is 2.15. The van der Waals surface area contributed by atoms with Gasteiger partial charge in [0.1, 0.15) is 0 Å². The van der Waals surface area contributed by atoms with Crippen molar-refractivity contribution >= 4 is 29.5 Å². The van der Waals surface area contributed by atoms with Crippen LogP contribution in [0.2, 0.25) is 5.02 Å². The van der Waals surface area contributed by atoms with Crippen LogP contribution in [0.1, 0.15) is 12.5 Å². The predicted molar refractivity (Wildman–Crippen MR) is 89.4 cm³/mol. The van der Waals surface area contributed by atoms with Crippen molar-refractivity contribution in [2.45, 2.75) is 13.0 Å². The van der Waals surface area contributed by atoms with E-state index in [2.05, 4.69) is 4.99 Å². The van der Waals surface area contributed by atoms with E-state index in [1.54, 1.807) is 36.5 Å². The number of carbonyl (C=O) groups is 1. The Kier molecular flexibility index (Phi) is 5.60. The number of carboxylic acid groups (broad SMARTS) is 1. The summed E-state index contributed by atoms with van der Waals surface area (Å²) in [5, 5.41) is 9.55. The number of hydrogen-bond acceptors (Lipinski definition) is 4. The summed E-state index contributed by atoms with van der Waals surface area (Å²) in [6.07, 6.45) is 0.716. The van der Waals surface area contributed by atoms with E-state index in [9.17, 15) is 4.79 Å². The van der Waals surface area contributed by atoms with Gasteiger partial charge in [-0.25, -0.2) is 4.79 Å². The number of halogens is 1. The van der Waals surface area contributed by atoms with Gasteiger partial charge in [0.15, 0.2) is 17.6 Å². The third-order valence-corrected chi connectivity index (χ3v) is 3.28. The number of carboxylic acids is 1.